The van der Waals surface area contributed by atoms with E-state index in [0.717, 1.165) is 53.6 Å². The summed E-state index contributed by atoms with van der Waals surface area (Å²) in [6.07, 6.45) is 4.99. The third-order valence-corrected chi connectivity index (χ3v) is 9.43. The van der Waals surface area contributed by atoms with Gasteiger partial charge in [-0.15, -0.1) is 0 Å². The van der Waals surface area contributed by atoms with Gasteiger partial charge in [0.2, 0.25) is 11.8 Å². The predicted octanol–water partition coefficient (Wildman–Crippen LogP) is 5.85. The van der Waals surface area contributed by atoms with E-state index in [2.05, 4.69) is 5.32 Å². The number of rotatable bonds is 10. The summed E-state index contributed by atoms with van der Waals surface area (Å²) in [6.45, 7) is 3.06. The highest BCUT2D eigenvalue weighted by atomic mass is 35.5. The maximum Gasteiger partial charge on any atom is 0.264 e. The highest BCUT2D eigenvalue weighted by Crippen LogP contribution is 2.28. The number of nitrogens with one attached hydrogen (secondary N) is 1. The van der Waals surface area contributed by atoms with Crippen LogP contribution in [0.25, 0.3) is 0 Å². The van der Waals surface area contributed by atoms with Gasteiger partial charge in [0.25, 0.3) is 10.0 Å². The zero-order valence-corrected chi connectivity index (χ0v) is 24.8. The molecule has 1 saturated carbocycles. The molecule has 4 rings (SSSR count). The van der Waals surface area contributed by atoms with Crippen LogP contribution in [0.2, 0.25) is 5.02 Å². The minimum Gasteiger partial charge on any atom is -0.352 e. The first kappa shape index (κ1) is 30.5. The largest absolute Gasteiger partial charge is 0.352 e. The van der Waals surface area contributed by atoms with Gasteiger partial charge in [0.05, 0.1) is 15.6 Å². The van der Waals surface area contributed by atoms with Gasteiger partial charge in [-0.1, -0.05) is 78.9 Å². The second-order valence-electron chi connectivity index (χ2n) is 10.5. The molecule has 0 radical (unpaired) electrons. The van der Waals surface area contributed by atoms with Crippen molar-refractivity contribution in [2.24, 2.45) is 0 Å². The molecule has 7 nitrogen and oxygen atoms in total. The van der Waals surface area contributed by atoms with Crippen LogP contribution in [0.5, 0.6) is 0 Å². The lowest BCUT2D eigenvalue weighted by Gasteiger charge is -2.33. The van der Waals surface area contributed by atoms with Gasteiger partial charge in [0.1, 0.15) is 18.4 Å². The van der Waals surface area contributed by atoms with Crippen LogP contribution in [-0.2, 0) is 26.2 Å². The topological polar surface area (TPSA) is 86.8 Å². The first-order valence-electron chi connectivity index (χ1n) is 13.7. The monoisotopic (exact) mass is 599 g/mol. The Bertz CT molecular complexity index is 1480. The number of amides is 2. The predicted molar refractivity (Wildman–Crippen MR) is 159 cm³/mol. The Morgan fingerprint density at radius 1 is 1.00 bits per heavy atom. The van der Waals surface area contributed by atoms with Crippen molar-refractivity contribution in [3.63, 3.8) is 0 Å². The minimum atomic E-state index is -4.26. The maximum absolute atomic E-state index is 14.0. The van der Waals surface area contributed by atoms with Crippen molar-refractivity contribution in [3.8, 4) is 0 Å². The van der Waals surface area contributed by atoms with Gasteiger partial charge >= 0.3 is 0 Å². The molecule has 41 heavy (non-hydrogen) atoms. The summed E-state index contributed by atoms with van der Waals surface area (Å²) >= 11 is 6.02. The van der Waals surface area contributed by atoms with E-state index in [0.29, 0.717) is 0 Å². The average molecular weight is 600 g/mol. The van der Waals surface area contributed by atoms with Crippen molar-refractivity contribution in [1.82, 2.24) is 10.2 Å². The van der Waals surface area contributed by atoms with Crippen LogP contribution in [0.15, 0.2) is 77.7 Å². The molecule has 10 heteroatoms. The molecule has 3 aromatic carbocycles. The van der Waals surface area contributed by atoms with Crippen LogP contribution in [0.4, 0.5) is 10.1 Å². The van der Waals surface area contributed by atoms with E-state index in [1.807, 2.05) is 31.2 Å². The van der Waals surface area contributed by atoms with E-state index in [-0.39, 0.29) is 34.1 Å². The fourth-order valence-corrected chi connectivity index (χ4v) is 6.65. The summed E-state index contributed by atoms with van der Waals surface area (Å²) < 4.78 is 42.5. The Morgan fingerprint density at radius 2 is 1.71 bits per heavy atom. The summed E-state index contributed by atoms with van der Waals surface area (Å²) in [4.78, 5) is 28.7. The Balaban J connectivity index is 1.68. The van der Waals surface area contributed by atoms with Gasteiger partial charge in [-0.05, 0) is 62.6 Å². The smallest absolute Gasteiger partial charge is 0.264 e. The molecule has 0 aromatic heterocycles. The molecular weight excluding hydrogens is 565 g/mol. The number of hydrogen-bond donors (Lipinski definition) is 1. The molecule has 2 amide bonds. The van der Waals surface area contributed by atoms with Crippen LogP contribution in [0.3, 0.4) is 0 Å². The van der Waals surface area contributed by atoms with Crippen molar-refractivity contribution in [3.05, 3.63) is 94.8 Å². The van der Waals surface area contributed by atoms with Crippen molar-refractivity contribution in [1.29, 1.82) is 0 Å². The molecule has 1 N–H and O–H groups in total. The van der Waals surface area contributed by atoms with Crippen molar-refractivity contribution >= 4 is 39.1 Å². The molecule has 3 aromatic rings. The van der Waals surface area contributed by atoms with Crippen molar-refractivity contribution in [2.75, 3.05) is 10.8 Å². The number of aryl methyl sites for hydroxylation is 1. The lowest BCUT2D eigenvalue weighted by atomic mass is 9.95. The second kappa shape index (κ2) is 13.5. The van der Waals surface area contributed by atoms with E-state index in [9.17, 15) is 22.4 Å². The fraction of sp³-hybridized carbons (Fsp3) is 0.355. The van der Waals surface area contributed by atoms with E-state index >= 15 is 0 Å². The van der Waals surface area contributed by atoms with Crippen molar-refractivity contribution < 1.29 is 22.4 Å². The number of nitrogens with zero attached hydrogens (tertiary/aromatic N) is 2. The first-order chi connectivity index (χ1) is 19.6. The second-order valence-corrected chi connectivity index (χ2v) is 12.7. The number of sulfonamides is 1. The average Bonchev–Trinajstić information content (AvgIpc) is 2.96. The lowest BCUT2D eigenvalue weighted by molar-refractivity contribution is -0.139. The lowest BCUT2D eigenvalue weighted by Crippen LogP contribution is -2.53. The number of halogens is 2. The molecule has 0 heterocycles. The van der Waals surface area contributed by atoms with Crippen LogP contribution in [0, 0.1) is 12.7 Å². The Labute approximate surface area is 246 Å². The minimum absolute atomic E-state index is 0.0309. The van der Waals surface area contributed by atoms with E-state index in [1.54, 1.807) is 25.1 Å². The van der Waals surface area contributed by atoms with E-state index < -0.39 is 34.3 Å². The molecular formula is C31H35ClFN3O4S. The Kier molecular flexibility index (Phi) is 10.0. The quantitative estimate of drug-likeness (QED) is 0.317. The first-order valence-corrected chi connectivity index (χ1v) is 15.6. The summed E-state index contributed by atoms with van der Waals surface area (Å²) in [5.41, 5.74) is 1.82. The standard InChI is InChI=1S/C31H35ClFN3O4S/c1-22-10-9-11-24(18-22)20-35(23(2)31(38)34-25-12-5-3-6-13-25)30(37)21-36(26-16-17-29(33)28(32)19-26)41(39,40)27-14-7-4-8-15-27/h4,7-11,14-19,23,25H,3,5-6,12-13,20-21H2,1-2H3,(H,34,38)/t23-/m1/s1. The summed E-state index contributed by atoms with van der Waals surface area (Å²) in [6, 6.07) is 17.9. The van der Waals surface area contributed by atoms with Crippen molar-refractivity contribution in [2.45, 2.75) is 69.5 Å². The molecule has 218 valence electrons. The van der Waals surface area contributed by atoms with Crippen LogP contribution >= 0.6 is 11.6 Å². The molecule has 1 atom stereocenters. The van der Waals surface area contributed by atoms with Gasteiger partial charge in [0, 0.05) is 12.6 Å². The number of carbonyl (C=O) groups is 2. The van der Waals surface area contributed by atoms with Gasteiger partial charge < -0.3 is 10.2 Å². The molecule has 0 spiro atoms. The highest BCUT2D eigenvalue weighted by Gasteiger charge is 2.33. The normalized spacial score (nSPS) is 14.7. The highest BCUT2D eigenvalue weighted by molar-refractivity contribution is 7.92. The van der Waals surface area contributed by atoms with E-state index in [4.69, 9.17) is 11.6 Å². The zero-order valence-electron chi connectivity index (χ0n) is 23.2. The molecule has 0 aliphatic heterocycles. The van der Waals surface area contributed by atoms with E-state index in [1.165, 1.54) is 29.2 Å². The van der Waals surface area contributed by atoms with Gasteiger partial charge in [0.15, 0.2) is 0 Å². The van der Waals surface area contributed by atoms with Gasteiger partial charge in [-0.3, -0.25) is 13.9 Å². The number of benzene rings is 3. The molecule has 0 unspecified atom stereocenters. The molecule has 0 saturated heterocycles. The molecule has 1 fully saturated rings. The number of anilines is 1. The SMILES string of the molecule is Cc1cccc(CN(C(=O)CN(c2ccc(F)c(Cl)c2)S(=O)(=O)c2ccccc2)[C@H](C)C(=O)NC2CCCCC2)c1. The molecule has 0 bridgehead atoms. The third-order valence-electron chi connectivity index (χ3n) is 7.36. The summed E-state index contributed by atoms with van der Waals surface area (Å²) in [7, 11) is -4.26. The number of carbonyl (C=O) groups excluding carboxylic acids is 2. The maximum atomic E-state index is 14.0. The fourth-order valence-electron chi connectivity index (χ4n) is 5.05. The summed E-state index contributed by atoms with van der Waals surface area (Å²) in [5, 5.41) is 2.80. The Hall–Kier alpha value is -3.43. The van der Waals surface area contributed by atoms with Crippen LogP contribution < -0.4 is 9.62 Å². The van der Waals surface area contributed by atoms with Crippen LogP contribution in [0.1, 0.15) is 50.2 Å². The van der Waals surface area contributed by atoms with Crippen LogP contribution in [-0.4, -0.2) is 43.8 Å². The van der Waals surface area contributed by atoms with Gasteiger partial charge in [-0.25, -0.2) is 12.8 Å². The molecule has 1 aliphatic carbocycles. The van der Waals surface area contributed by atoms with Gasteiger partial charge in [-0.2, -0.15) is 0 Å². The summed E-state index contributed by atoms with van der Waals surface area (Å²) in [5.74, 6) is -1.59. The number of hydrogen-bond acceptors (Lipinski definition) is 4. The zero-order chi connectivity index (χ0) is 29.6. The molecule has 1 aliphatic rings. The Morgan fingerprint density at radius 3 is 2.37 bits per heavy atom. The third kappa shape index (κ3) is 7.65.